The van der Waals surface area contributed by atoms with Gasteiger partial charge in [0.2, 0.25) is 0 Å². The van der Waals surface area contributed by atoms with E-state index in [9.17, 15) is 10.0 Å². The lowest BCUT2D eigenvalue weighted by Crippen LogP contribution is -2.35. The summed E-state index contributed by atoms with van der Waals surface area (Å²) in [6.45, 7) is 0.0883. The van der Waals surface area contributed by atoms with Crippen molar-refractivity contribution in [1.82, 2.24) is 0 Å². The molecule has 4 heteroatoms. The molecule has 0 saturated carbocycles. The summed E-state index contributed by atoms with van der Waals surface area (Å²) >= 11 is 1.47. The molecule has 92 valence electrons. The van der Waals surface area contributed by atoms with Crippen LogP contribution in [0.2, 0.25) is 0 Å². The molecule has 0 radical (unpaired) electrons. The fourth-order valence-corrected chi connectivity index (χ4v) is 3.24. The molecule has 18 heavy (non-hydrogen) atoms. The highest BCUT2D eigenvalue weighted by molar-refractivity contribution is 7.14. The highest BCUT2D eigenvalue weighted by Gasteiger charge is 2.32. The van der Waals surface area contributed by atoms with Crippen molar-refractivity contribution in [2.45, 2.75) is 12.3 Å². The highest BCUT2D eigenvalue weighted by Crippen LogP contribution is 2.38. The molecule has 0 saturated heterocycles. The van der Waals surface area contributed by atoms with Gasteiger partial charge in [-0.05, 0) is 29.0 Å². The largest absolute Gasteiger partial charge is 0.297 e. The number of thiophene rings is 1. The maximum atomic E-state index is 12.1. The van der Waals surface area contributed by atoms with E-state index in [0.29, 0.717) is 6.42 Å². The number of hydrogen-bond acceptors (Lipinski definition) is 4. The zero-order chi connectivity index (χ0) is 12.5. The third-order valence-electron chi connectivity index (χ3n) is 3.26. The van der Waals surface area contributed by atoms with Gasteiger partial charge >= 0.3 is 0 Å². The van der Waals surface area contributed by atoms with Crippen molar-refractivity contribution in [3.63, 3.8) is 0 Å². The van der Waals surface area contributed by atoms with Crippen LogP contribution in [0.15, 0.2) is 41.8 Å². The van der Waals surface area contributed by atoms with Crippen LogP contribution in [0.1, 0.15) is 17.0 Å². The SMILES string of the molecule is O=C1CN(O)c2sccc2C1Cc1ccccc1. The first kappa shape index (κ1) is 11.4. The molecule has 1 unspecified atom stereocenters. The van der Waals surface area contributed by atoms with Gasteiger partial charge in [0.15, 0.2) is 5.78 Å². The Balaban J connectivity index is 1.93. The molecular weight excluding hydrogens is 246 g/mol. The quantitative estimate of drug-likeness (QED) is 0.901. The van der Waals surface area contributed by atoms with Crippen molar-refractivity contribution in [3.05, 3.63) is 52.9 Å². The van der Waals surface area contributed by atoms with E-state index in [1.54, 1.807) is 0 Å². The van der Waals surface area contributed by atoms with Crippen LogP contribution < -0.4 is 5.06 Å². The molecule has 3 rings (SSSR count). The Hall–Kier alpha value is -1.65. The monoisotopic (exact) mass is 259 g/mol. The Morgan fingerprint density at radius 1 is 1.28 bits per heavy atom. The van der Waals surface area contributed by atoms with E-state index in [4.69, 9.17) is 0 Å². The van der Waals surface area contributed by atoms with E-state index in [-0.39, 0.29) is 18.2 Å². The number of fused-ring (bicyclic) bond motifs is 1. The molecule has 2 heterocycles. The summed E-state index contributed by atoms with van der Waals surface area (Å²) in [6.07, 6.45) is 0.706. The Morgan fingerprint density at radius 3 is 2.83 bits per heavy atom. The number of benzene rings is 1. The van der Waals surface area contributed by atoms with Crippen molar-refractivity contribution in [3.8, 4) is 0 Å². The second-order valence-corrected chi connectivity index (χ2v) is 5.34. The van der Waals surface area contributed by atoms with E-state index in [1.807, 2.05) is 41.8 Å². The van der Waals surface area contributed by atoms with E-state index < -0.39 is 0 Å². The number of hydroxylamine groups is 1. The lowest BCUT2D eigenvalue weighted by Gasteiger charge is -2.27. The van der Waals surface area contributed by atoms with Gasteiger partial charge in [0.25, 0.3) is 0 Å². The number of hydrogen-bond donors (Lipinski definition) is 1. The van der Waals surface area contributed by atoms with Crippen molar-refractivity contribution in [1.29, 1.82) is 0 Å². The van der Waals surface area contributed by atoms with Gasteiger partial charge < -0.3 is 0 Å². The number of rotatable bonds is 2. The van der Waals surface area contributed by atoms with Crippen LogP contribution in [0.4, 0.5) is 5.00 Å². The molecule has 0 bridgehead atoms. The molecule has 2 aromatic rings. The normalized spacial score (nSPS) is 18.8. The van der Waals surface area contributed by atoms with Crippen LogP contribution in [0.3, 0.4) is 0 Å². The van der Waals surface area contributed by atoms with E-state index in [0.717, 1.165) is 21.2 Å². The number of nitrogens with zero attached hydrogens (tertiary/aromatic N) is 1. The first-order valence-corrected chi connectivity index (χ1v) is 6.74. The van der Waals surface area contributed by atoms with Gasteiger partial charge in [-0.3, -0.25) is 10.0 Å². The molecule has 1 aromatic heterocycles. The summed E-state index contributed by atoms with van der Waals surface area (Å²) < 4.78 is 0. The summed E-state index contributed by atoms with van der Waals surface area (Å²) in [4.78, 5) is 12.1. The molecule has 1 aliphatic heterocycles. The maximum absolute atomic E-state index is 12.1. The van der Waals surface area contributed by atoms with Gasteiger partial charge in [-0.1, -0.05) is 30.3 Å². The molecule has 1 aromatic carbocycles. The zero-order valence-electron chi connectivity index (χ0n) is 9.74. The van der Waals surface area contributed by atoms with Crippen LogP contribution in [-0.4, -0.2) is 17.5 Å². The molecular formula is C14H13NO2S. The molecule has 0 amide bonds. The lowest BCUT2D eigenvalue weighted by atomic mass is 9.87. The maximum Gasteiger partial charge on any atom is 0.162 e. The molecule has 1 atom stereocenters. The van der Waals surface area contributed by atoms with Crippen LogP contribution >= 0.6 is 11.3 Å². The Labute approximate surface area is 109 Å². The number of anilines is 1. The van der Waals surface area contributed by atoms with Crippen molar-refractivity contribution in [2.75, 3.05) is 11.6 Å². The van der Waals surface area contributed by atoms with Crippen molar-refractivity contribution in [2.24, 2.45) is 0 Å². The first-order chi connectivity index (χ1) is 8.75. The van der Waals surface area contributed by atoms with Crippen LogP contribution in [0.5, 0.6) is 0 Å². The zero-order valence-corrected chi connectivity index (χ0v) is 10.6. The molecule has 3 nitrogen and oxygen atoms in total. The molecule has 0 aliphatic carbocycles. The fraction of sp³-hybridized carbons (Fsp3) is 0.214. The second kappa shape index (κ2) is 4.55. The third-order valence-corrected chi connectivity index (χ3v) is 4.20. The molecule has 0 fully saturated rings. The average molecular weight is 259 g/mol. The third kappa shape index (κ3) is 1.94. The van der Waals surface area contributed by atoms with E-state index in [1.165, 1.54) is 11.3 Å². The second-order valence-electron chi connectivity index (χ2n) is 4.45. The van der Waals surface area contributed by atoms with Gasteiger partial charge in [-0.25, -0.2) is 5.06 Å². The fourth-order valence-electron chi connectivity index (χ4n) is 2.36. The smallest absolute Gasteiger partial charge is 0.162 e. The minimum Gasteiger partial charge on any atom is -0.297 e. The topological polar surface area (TPSA) is 40.5 Å². The molecule has 1 N–H and O–H groups in total. The van der Waals surface area contributed by atoms with E-state index in [2.05, 4.69) is 0 Å². The van der Waals surface area contributed by atoms with Crippen LogP contribution in [0.25, 0.3) is 0 Å². The van der Waals surface area contributed by atoms with Gasteiger partial charge in [0.05, 0.1) is 5.92 Å². The van der Waals surface area contributed by atoms with Crippen LogP contribution in [0, 0.1) is 0 Å². The van der Waals surface area contributed by atoms with Gasteiger partial charge in [0.1, 0.15) is 11.5 Å². The Kier molecular flexibility index (Phi) is 2.89. The van der Waals surface area contributed by atoms with Crippen LogP contribution in [-0.2, 0) is 11.2 Å². The minimum absolute atomic E-state index is 0.0762. The molecule has 1 aliphatic rings. The molecule has 0 spiro atoms. The highest BCUT2D eigenvalue weighted by atomic mass is 32.1. The lowest BCUT2D eigenvalue weighted by molar-refractivity contribution is -0.120. The van der Waals surface area contributed by atoms with Crippen molar-refractivity contribution >= 4 is 22.1 Å². The number of carbonyl (C=O) groups is 1. The standard InChI is InChI=1S/C14H13NO2S/c16-13-9-15(17)14-11(6-7-18-14)12(13)8-10-4-2-1-3-5-10/h1-7,12,17H,8-9H2. The summed E-state index contributed by atoms with van der Waals surface area (Å²) in [5.74, 6) is -0.0516. The minimum atomic E-state index is -0.128. The average Bonchev–Trinajstić information content (AvgIpc) is 2.85. The summed E-state index contributed by atoms with van der Waals surface area (Å²) in [7, 11) is 0. The first-order valence-electron chi connectivity index (χ1n) is 5.86. The van der Waals surface area contributed by atoms with E-state index >= 15 is 0 Å². The summed E-state index contributed by atoms with van der Waals surface area (Å²) in [6, 6.07) is 11.9. The van der Waals surface area contributed by atoms with Gasteiger partial charge in [-0.2, -0.15) is 0 Å². The summed E-state index contributed by atoms with van der Waals surface area (Å²) in [5.41, 5.74) is 2.10. The Bertz CT molecular complexity index is 564. The number of ketones is 1. The van der Waals surface area contributed by atoms with Crippen molar-refractivity contribution < 1.29 is 10.0 Å². The predicted octanol–water partition coefficient (Wildman–Crippen LogP) is 2.85. The summed E-state index contributed by atoms with van der Waals surface area (Å²) in [5, 5.41) is 13.5. The van der Waals surface area contributed by atoms with Gasteiger partial charge in [-0.15, -0.1) is 11.3 Å². The Morgan fingerprint density at radius 2 is 2.06 bits per heavy atom. The van der Waals surface area contributed by atoms with Gasteiger partial charge in [0, 0.05) is 0 Å². The number of Topliss-reactive ketones (excluding diaryl/α,β-unsaturated/α-hetero) is 1. The predicted molar refractivity (Wildman–Crippen MR) is 71.3 cm³/mol. The number of carbonyl (C=O) groups excluding carboxylic acids is 1.